The molecule has 27 heavy (non-hydrogen) atoms. The molecule has 2 aliphatic rings. The molecule has 2 fully saturated rings. The van der Waals surface area contributed by atoms with Crippen molar-refractivity contribution in [2.45, 2.75) is 37.6 Å². The van der Waals surface area contributed by atoms with Gasteiger partial charge in [-0.2, -0.15) is 4.31 Å². The number of nitrogens with one attached hydrogen (secondary N) is 1. The molecule has 2 saturated heterocycles. The van der Waals surface area contributed by atoms with Crippen molar-refractivity contribution in [1.82, 2.24) is 9.21 Å². The molecule has 0 unspecified atom stereocenters. The second-order valence-corrected chi connectivity index (χ2v) is 9.16. The normalized spacial score (nSPS) is 20.6. The lowest BCUT2D eigenvalue weighted by Crippen LogP contribution is -3.19. The quantitative estimate of drug-likeness (QED) is 0.734. The lowest BCUT2D eigenvalue weighted by Gasteiger charge is -2.35. The molecule has 7 nitrogen and oxygen atoms in total. The topological polar surface area (TPSA) is 71.4 Å². The van der Waals surface area contributed by atoms with Crippen LogP contribution >= 0.6 is 0 Å². The summed E-state index contributed by atoms with van der Waals surface area (Å²) in [6.45, 7) is 8.28. The van der Waals surface area contributed by atoms with E-state index in [1.807, 2.05) is 18.7 Å². The number of quaternary nitrogens is 1. The van der Waals surface area contributed by atoms with Gasteiger partial charge in [-0.05, 0) is 51.0 Å². The molecule has 2 aliphatic heterocycles. The largest absolute Gasteiger partial charge is 0.494 e. The van der Waals surface area contributed by atoms with E-state index in [4.69, 9.17) is 4.74 Å². The molecule has 1 N–H and O–H groups in total. The standard InChI is InChI=1S/C19H29N3O4S/c1-3-26-17-6-8-18(9-7-17)27(24,25)22-14-12-20(13-15-22)16(2)19(23)21-10-4-5-11-21/h6-9,16H,3-5,10-15H2,1-2H3/p+1/t16-/m0/s1. The third-order valence-electron chi connectivity index (χ3n) is 5.54. The van der Waals surface area contributed by atoms with E-state index in [-0.39, 0.29) is 16.8 Å². The van der Waals surface area contributed by atoms with Crippen molar-refractivity contribution in [1.29, 1.82) is 0 Å². The highest BCUT2D eigenvalue weighted by molar-refractivity contribution is 7.89. The van der Waals surface area contributed by atoms with Gasteiger partial charge in [-0.15, -0.1) is 0 Å². The number of amides is 1. The SMILES string of the molecule is CCOc1ccc(S(=O)(=O)N2CC[NH+]([C@@H](C)C(=O)N3CCCC3)CC2)cc1. The number of carbonyl (C=O) groups excluding carboxylic acids is 1. The smallest absolute Gasteiger partial charge is 0.280 e. The van der Waals surface area contributed by atoms with Crippen LogP contribution in [0.5, 0.6) is 5.75 Å². The number of ether oxygens (including phenoxy) is 1. The Hall–Kier alpha value is -1.64. The molecular formula is C19H30N3O4S+. The number of likely N-dealkylation sites (tertiary alicyclic amines) is 1. The zero-order valence-corrected chi connectivity index (χ0v) is 17.0. The fourth-order valence-corrected chi connectivity index (χ4v) is 5.30. The minimum Gasteiger partial charge on any atom is -0.494 e. The first-order valence-electron chi connectivity index (χ1n) is 9.80. The number of carbonyl (C=O) groups is 1. The van der Waals surface area contributed by atoms with Crippen molar-refractivity contribution in [3.63, 3.8) is 0 Å². The molecule has 3 rings (SSSR count). The number of nitrogens with zero attached hydrogens (tertiary/aromatic N) is 2. The van der Waals surface area contributed by atoms with Gasteiger partial charge in [0.2, 0.25) is 10.0 Å². The molecule has 0 radical (unpaired) electrons. The second-order valence-electron chi connectivity index (χ2n) is 7.22. The summed E-state index contributed by atoms with van der Waals surface area (Å²) in [5, 5.41) is 0. The van der Waals surface area contributed by atoms with Gasteiger partial charge in [-0.3, -0.25) is 4.79 Å². The number of sulfonamides is 1. The third-order valence-corrected chi connectivity index (χ3v) is 7.45. The number of hydrogen-bond donors (Lipinski definition) is 1. The van der Waals surface area contributed by atoms with E-state index in [2.05, 4.69) is 0 Å². The molecule has 1 aromatic rings. The predicted molar refractivity (Wildman–Crippen MR) is 102 cm³/mol. The van der Waals surface area contributed by atoms with Crippen LogP contribution < -0.4 is 9.64 Å². The predicted octanol–water partition coefficient (Wildman–Crippen LogP) is -0.0146. The van der Waals surface area contributed by atoms with Crippen LogP contribution in [-0.2, 0) is 14.8 Å². The van der Waals surface area contributed by atoms with E-state index in [1.54, 1.807) is 24.3 Å². The van der Waals surface area contributed by atoms with E-state index in [0.717, 1.165) is 25.9 Å². The van der Waals surface area contributed by atoms with E-state index < -0.39 is 10.0 Å². The minimum absolute atomic E-state index is 0.113. The zero-order valence-electron chi connectivity index (χ0n) is 16.2. The monoisotopic (exact) mass is 396 g/mol. The Morgan fingerprint density at radius 2 is 1.70 bits per heavy atom. The van der Waals surface area contributed by atoms with Gasteiger partial charge >= 0.3 is 0 Å². The van der Waals surface area contributed by atoms with Crippen LogP contribution in [0.1, 0.15) is 26.7 Å². The van der Waals surface area contributed by atoms with Gasteiger partial charge in [0.1, 0.15) is 5.75 Å². The average molecular weight is 397 g/mol. The van der Waals surface area contributed by atoms with Crippen molar-refractivity contribution in [3.05, 3.63) is 24.3 Å². The number of piperazine rings is 1. The summed E-state index contributed by atoms with van der Waals surface area (Å²) in [4.78, 5) is 16.0. The lowest BCUT2D eigenvalue weighted by atomic mass is 10.2. The Bertz CT molecular complexity index is 737. The van der Waals surface area contributed by atoms with Gasteiger partial charge < -0.3 is 14.5 Å². The summed E-state index contributed by atoms with van der Waals surface area (Å²) in [7, 11) is -3.51. The fraction of sp³-hybridized carbons (Fsp3) is 0.632. The highest BCUT2D eigenvalue weighted by Crippen LogP contribution is 2.19. The first-order chi connectivity index (χ1) is 12.9. The molecule has 0 aliphatic carbocycles. The Labute approximate surface area is 161 Å². The molecule has 1 aromatic carbocycles. The molecule has 1 atom stereocenters. The lowest BCUT2D eigenvalue weighted by molar-refractivity contribution is -0.918. The zero-order chi connectivity index (χ0) is 19.4. The molecule has 0 saturated carbocycles. The second kappa shape index (κ2) is 8.58. The van der Waals surface area contributed by atoms with Gasteiger partial charge in [-0.1, -0.05) is 0 Å². The summed E-state index contributed by atoms with van der Waals surface area (Å²) < 4.78 is 32.7. The molecule has 150 valence electrons. The van der Waals surface area contributed by atoms with Crippen LogP contribution in [0.25, 0.3) is 0 Å². The Morgan fingerprint density at radius 1 is 1.11 bits per heavy atom. The number of hydrogen-bond acceptors (Lipinski definition) is 4. The highest BCUT2D eigenvalue weighted by atomic mass is 32.2. The van der Waals surface area contributed by atoms with E-state index in [0.29, 0.717) is 38.5 Å². The summed E-state index contributed by atoms with van der Waals surface area (Å²) in [5.74, 6) is 0.866. The highest BCUT2D eigenvalue weighted by Gasteiger charge is 2.36. The molecule has 0 bridgehead atoms. The van der Waals surface area contributed by atoms with Gasteiger partial charge in [0, 0.05) is 13.1 Å². The molecular weight excluding hydrogens is 366 g/mol. The summed E-state index contributed by atoms with van der Waals surface area (Å²) in [5.41, 5.74) is 0. The fourth-order valence-electron chi connectivity index (χ4n) is 3.86. The van der Waals surface area contributed by atoms with Gasteiger partial charge in [0.15, 0.2) is 6.04 Å². The maximum atomic E-state index is 12.9. The molecule has 0 spiro atoms. The van der Waals surface area contributed by atoms with Crippen molar-refractivity contribution < 1.29 is 22.8 Å². The van der Waals surface area contributed by atoms with Crippen molar-refractivity contribution in [3.8, 4) is 5.75 Å². The van der Waals surface area contributed by atoms with E-state index >= 15 is 0 Å². The van der Waals surface area contributed by atoms with Crippen molar-refractivity contribution in [2.24, 2.45) is 0 Å². The maximum absolute atomic E-state index is 12.9. The Morgan fingerprint density at radius 3 is 2.26 bits per heavy atom. The molecule has 1 amide bonds. The molecule has 2 heterocycles. The third kappa shape index (κ3) is 4.44. The molecule has 0 aromatic heterocycles. The average Bonchev–Trinajstić information content (AvgIpc) is 3.22. The summed E-state index contributed by atoms with van der Waals surface area (Å²) in [6, 6.07) is 6.46. The van der Waals surface area contributed by atoms with Crippen LogP contribution in [0.4, 0.5) is 0 Å². The first kappa shape index (κ1) is 20.1. The van der Waals surface area contributed by atoms with Gasteiger partial charge in [0.05, 0.1) is 37.7 Å². The van der Waals surface area contributed by atoms with Crippen LogP contribution in [0, 0.1) is 0 Å². The van der Waals surface area contributed by atoms with Crippen molar-refractivity contribution >= 4 is 15.9 Å². The Balaban J connectivity index is 1.59. The van der Waals surface area contributed by atoms with E-state index in [1.165, 1.54) is 9.21 Å². The van der Waals surface area contributed by atoms with Crippen LogP contribution in [0.15, 0.2) is 29.2 Å². The van der Waals surface area contributed by atoms with Gasteiger partial charge in [-0.25, -0.2) is 8.42 Å². The minimum atomic E-state index is -3.51. The Kier molecular flexibility index (Phi) is 6.39. The number of rotatable bonds is 6. The van der Waals surface area contributed by atoms with Crippen LogP contribution in [0.2, 0.25) is 0 Å². The molecule has 8 heteroatoms. The van der Waals surface area contributed by atoms with E-state index in [9.17, 15) is 13.2 Å². The van der Waals surface area contributed by atoms with Crippen molar-refractivity contribution in [2.75, 3.05) is 45.9 Å². The number of benzene rings is 1. The summed E-state index contributed by atoms with van der Waals surface area (Å²) in [6.07, 6.45) is 2.17. The van der Waals surface area contributed by atoms with Crippen LogP contribution in [-0.4, -0.2) is 75.4 Å². The van der Waals surface area contributed by atoms with Gasteiger partial charge in [0.25, 0.3) is 5.91 Å². The first-order valence-corrected chi connectivity index (χ1v) is 11.2. The van der Waals surface area contributed by atoms with Crippen LogP contribution in [0.3, 0.4) is 0 Å². The maximum Gasteiger partial charge on any atom is 0.280 e. The summed E-state index contributed by atoms with van der Waals surface area (Å²) >= 11 is 0.